The molecule has 0 aromatic rings. The molecule has 39 heteroatoms. The van der Waals surface area contributed by atoms with Crippen LogP contribution in [-0.2, 0) is 163 Å². The van der Waals surface area contributed by atoms with E-state index in [4.69, 9.17) is 102 Å². The number of hydrogen-bond donors (Lipinski definition) is 0. The summed E-state index contributed by atoms with van der Waals surface area (Å²) in [4.78, 5) is 118. The van der Waals surface area contributed by atoms with Gasteiger partial charge in [-0.2, -0.15) is 0 Å². The minimum Gasteiger partial charge on any atom is -0.464 e. The number of carbonyl (C=O) groups is 9. The van der Waals surface area contributed by atoms with Crippen molar-refractivity contribution in [2.24, 2.45) is 0 Å². The van der Waals surface area contributed by atoms with E-state index in [2.05, 4.69) is 0 Å². The first-order valence-corrected chi connectivity index (χ1v) is 34.5. The summed E-state index contributed by atoms with van der Waals surface area (Å²) in [5.74, 6) is -11.3. The lowest BCUT2D eigenvalue weighted by molar-refractivity contribution is -0.235. The number of phosphoric ester groups is 4. The minimum atomic E-state index is -5.98. The number of ether oxygens (including phenoxy) is 10. The monoisotopic (exact) mass is 1370 g/mol. The summed E-state index contributed by atoms with van der Waals surface area (Å²) in [5, 5.41) is 0. The van der Waals surface area contributed by atoms with E-state index in [1.807, 2.05) is 6.92 Å². The predicted molar refractivity (Wildman–Crippen MR) is 299 cm³/mol. The van der Waals surface area contributed by atoms with Crippen molar-refractivity contribution in [1.29, 1.82) is 0 Å². The van der Waals surface area contributed by atoms with Gasteiger partial charge in [0.15, 0.2) is 59.0 Å². The third kappa shape index (κ3) is 34.2. The molecule has 0 bridgehead atoms. The molecule has 0 radical (unpaired) electrons. The van der Waals surface area contributed by atoms with E-state index in [0.29, 0.717) is 12.8 Å². The molecule has 6 atom stereocenters. The largest absolute Gasteiger partial charge is 0.476 e. The Morgan fingerprint density at radius 2 is 0.494 bits per heavy atom. The van der Waals surface area contributed by atoms with Crippen molar-refractivity contribution in [3.63, 3.8) is 0 Å². The van der Waals surface area contributed by atoms with Crippen LogP contribution in [0.25, 0.3) is 0 Å². The molecule has 516 valence electrons. The summed E-state index contributed by atoms with van der Waals surface area (Å²) < 4.78 is 181. The van der Waals surface area contributed by atoms with E-state index in [0.717, 1.165) is 19.3 Å². The molecule has 0 heterocycles. The molecular weight excluding hydrogens is 1280 g/mol. The van der Waals surface area contributed by atoms with Crippen LogP contribution in [-0.4, -0.2) is 203 Å². The van der Waals surface area contributed by atoms with Crippen molar-refractivity contribution >= 4 is 85.0 Å². The minimum absolute atomic E-state index is 0.00570. The molecule has 89 heavy (non-hydrogen) atoms. The van der Waals surface area contributed by atoms with Gasteiger partial charge in [-0.05, 0) is 68.2 Å². The average molecular weight is 1370 g/mol. The lowest BCUT2D eigenvalue weighted by Gasteiger charge is -2.49. The zero-order chi connectivity index (χ0) is 66.9. The number of carbonyl (C=O) groups excluding carboxylic acids is 9. The van der Waals surface area contributed by atoms with Crippen molar-refractivity contribution < 1.29 is 163 Å². The Hall–Kier alpha value is -4.37. The van der Waals surface area contributed by atoms with E-state index in [1.54, 1.807) is 0 Å². The predicted octanol–water partition coefficient (Wildman–Crippen LogP) is 6.07. The van der Waals surface area contributed by atoms with Crippen LogP contribution in [0.3, 0.4) is 0 Å². The fourth-order valence-corrected chi connectivity index (χ4v) is 12.2. The molecule has 1 saturated carbocycles. The average Bonchev–Trinajstić information content (AvgIpc) is 0.845. The van der Waals surface area contributed by atoms with Crippen LogP contribution in [0.1, 0.15) is 121 Å². The highest BCUT2D eigenvalue weighted by atomic mass is 31.2. The molecule has 0 aromatic carbocycles. The Morgan fingerprint density at radius 3 is 0.730 bits per heavy atom. The van der Waals surface area contributed by atoms with Gasteiger partial charge in [0, 0.05) is 13.0 Å². The molecule has 0 saturated heterocycles. The molecule has 1 rings (SSSR count). The van der Waals surface area contributed by atoms with Gasteiger partial charge in [-0.1, -0.05) is 46.0 Å². The van der Waals surface area contributed by atoms with Gasteiger partial charge in [-0.25, -0.2) is 56.6 Å². The van der Waals surface area contributed by atoms with Gasteiger partial charge in [0.25, 0.3) is 0 Å². The van der Waals surface area contributed by atoms with Gasteiger partial charge in [0.2, 0.25) is 0 Å². The van der Waals surface area contributed by atoms with E-state index in [1.165, 1.54) is 62.3 Å². The van der Waals surface area contributed by atoms with Gasteiger partial charge < -0.3 is 47.4 Å². The highest BCUT2D eigenvalue weighted by Gasteiger charge is 2.63. The van der Waals surface area contributed by atoms with Crippen LogP contribution in [0.2, 0.25) is 0 Å². The first kappa shape index (κ1) is 82.6. The Morgan fingerprint density at radius 1 is 0.270 bits per heavy atom. The van der Waals surface area contributed by atoms with Crippen LogP contribution in [0.5, 0.6) is 0 Å². The van der Waals surface area contributed by atoms with Crippen LogP contribution < -0.4 is 0 Å². The van der Waals surface area contributed by atoms with Crippen molar-refractivity contribution in [3.05, 3.63) is 0 Å². The number of phosphoric acid groups is 4. The van der Waals surface area contributed by atoms with Crippen molar-refractivity contribution in [1.82, 2.24) is 0 Å². The van der Waals surface area contributed by atoms with Gasteiger partial charge >= 0.3 is 85.0 Å². The highest BCUT2D eigenvalue weighted by molar-refractivity contribution is 7.49. The zero-order valence-electron chi connectivity index (χ0n) is 51.7. The molecule has 0 spiro atoms. The maximum Gasteiger partial charge on any atom is 0.476 e. The maximum atomic E-state index is 15.5. The Balaban J connectivity index is 5.20. The maximum absolute atomic E-state index is 15.5. The van der Waals surface area contributed by atoms with Crippen LogP contribution in [0, 0.1) is 0 Å². The number of esters is 9. The summed E-state index contributed by atoms with van der Waals surface area (Å²) in [5.41, 5.74) is 0. The SMILES string of the molecule is CCCCCCCCO[C@@H]1[C@H](OC(=O)CCC)[C@H](OP(=O)(OCC(=O)OCC)OCC(=O)OCC)[C@@H](OP(=O)(OCC(=O)OCC)OCC(=O)OCC)[C@H](OP(=O)(OCC(=O)OCC)OCC(=O)OCC)[C@H]1OP(=O)(OCC(=O)OCC)OCC(=O)OCC. The van der Waals surface area contributed by atoms with Crippen LogP contribution in [0.15, 0.2) is 0 Å². The zero-order valence-corrected chi connectivity index (χ0v) is 55.3. The van der Waals surface area contributed by atoms with E-state index < -0.39 is 188 Å². The lowest BCUT2D eigenvalue weighted by atomic mass is 9.84. The highest BCUT2D eigenvalue weighted by Crippen LogP contribution is 2.62. The van der Waals surface area contributed by atoms with E-state index in [9.17, 15) is 43.2 Å². The Labute approximate surface area is 516 Å². The van der Waals surface area contributed by atoms with Gasteiger partial charge in [0.1, 0.15) is 30.5 Å². The first-order chi connectivity index (χ1) is 42.3. The Bertz CT molecular complexity index is 2270. The third-order valence-corrected chi connectivity index (χ3v) is 16.2. The number of unbranched alkanes of at least 4 members (excludes halogenated alkanes) is 5. The Kier molecular flexibility index (Phi) is 42.5. The summed E-state index contributed by atoms with van der Waals surface area (Å²) in [6, 6.07) is 0. The normalized spacial score (nSPS) is 17.8. The molecule has 0 unspecified atom stereocenters. The quantitative estimate of drug-likeness (QED) is 0.0288. The molecule has 0 aliphatic heterocycles. The molecule has 1 aliphatic rings. The summed E-state index contributed by atoms with van der Waals surface area (Å²) in [7, 11) is -23.6. The summed E-state index contributed by atoms with van der Waals surface area (Å²) in [6.45, 7) is 0.698. The number of rotatable bonds is 51. The third-order valence-electron chi connectivity index (χ3n) is 10.6. The smallest absolute Gasteiger partial charge is 0.464 e. The fourth-order valence-electron chi connectivity index (χ4n) is 7.11. The fraction of sp³-hybridized carbons (Fsp3) is 0.820. The summed E-state index contributed by atoms with van der Waals surface area (Å²) in [6.07, 6.45) is -13.3. The van der Waals surface area contributed by atoms with Crippen LogP contribution >= 0.6 is 31.3 Å². The van der Waals surface area contributed by atoms with Crippen molar-refractivity contribution in [3.8, 4) is 0 Å². The molecule has 0 aromatic heterocycles. The van der Waals surface area contributed by atoms with Crippen molar-refractivity contribution in [2.75, 3.05) is 112 Å². The lowest BCUT2D eigenvalue weighted by Crippen LogP contribution is -2.67. The molecular formula is C50H86O35P4. The standard InChI is InChI=1S/C50H86O35P4/c1-11-21-22-23-24-25-27-72-45-46(81-36(51)26-12-2)48(83-87(61,75-30-39(54)66-15-5)76-31-40(55)67-16-6)50(85-89(63,79-34-43(58)70-19-9)80-35-44(59)71-20-10)49(84-88(62,77-32-41(56)68-17-7)78-33-42(57)69-18-8)47(45)82-86(60,73-28-37(52)64-13-3)74-29-38(53)65-14-4/h45-50H,11-35H2,1-10H3/t45-,46+,47+,48+,49-,50-/m1/s1. The van der Waals surface area contributed by atoms with Gasteiger partial charge in [0.05, 0.1) is 52.9 Å². The van der Waals surface area contributed by atoms with E-state index >= 15 is 18.3 Å². The molecule has 0 N–H and O–H groups in total. The first-order valence-electron chi connectivity index (χ1n) is 28.7. The second-order valence-electron chi connectivity index (χ2n) is 17.5. The van der Waals surface area contributed by atoms with Crippen LogP contribution in [0.4, 0.5) is 0 Å². The van der Waals surface area contributed by atoms with Gasteiger partial charge in [-0.3, -0.25) is 59.1 Å². The molecule has 1 aliphatic carbocycles. The summed E-state index contributed by atoms with van der Waals surface area (Å²) >= 11 is 0. The second kappa shape index (κ2) is 45.8. The van der Waals surface area contributed by atoms with Gasteiger partial charge in [-0.15, -0.1) is 0 Å². The molecule has 35 nitrogen and oxygen atoms in total. The molecule has 1 fully saturated rings. The molecule has 0 amide bonds. The number of hydrogen-bond acceptors (Lipinski definition) is 35. The second-order valence-corrected chi connectivity index (χ2v) is 24.0. The van der Waals surface area contributed by atoms with E-state index in [-0.39, 0.29) is 65.7 Å². The van der Waals surface area contributed by atoms with Crippen molar-refractivity contribution in [2.45, 2.75) is 157 Å². The topological polar surface area (TPSA) is 425 Å².